The second-order valence-electron chi connectivity index (χ2n) is 8.02. The number of benzene rings is 1. The van der Waals surface area contributed by atoms with Crippen LogP contribution in [-0.4, -0.2) is 38.2 Å². The fourth-order valence-electron chi connectivity index (χ4n) is 3.85. The molecule has 8 nitrogen and oxygen atoms in total. The van der Waals surface area contributed by atoms with Crippen LogP contribution in [0, 0.1) is 12.8 Å². The van der Waals surface area contributed by atoms with Crippen molar-refractivity contribution in [2.75, 3.05) is 7.11 Å². The molecule has 1 aromatic carbocycles. The highest BCUT2D eigenvalue weighted by atomic mass is 35.5. The molecular weight excluding hydrogens is 446 g/mol. The summed E-state index contributed by atoms with van der Waals surface area (Å²) in [7, 11) is 1.53. The maximum atomic E-state index is 11.2. The van der Waals surface area contributed by atoms with Gasteiger partial charge in [-0.15, -0.1) is 0 Å². The number of carboxylic acid groups (broad SMARTS) is 1. The summed E-state index contributed by atoms with van der Waals surface area (Å²) in [6, 6.07) is 7.05. The number of methoxy groups -OCH3 is 1. The molecule has 0 saturated carbocycles. The van der Waals surface area contributed by atoms with E-state index in [-0.39, 0.29) is 6.10 Å². The average molecular weight is 470 g/mol. The van der Waals surface area contributed by atoms with E-state index in [1.54, 1.807) is 24.4 Å². The summed E-state index contributed by atoms with van der Waals surface area (Å²) in [6.07, 6.45) is 3.21. The number of halogens is 1. The first-order chi connectivity index (χ1) is 15.8. The summed E-state index contributed by atoms with van der Waals surface area (Å²) in [4.78, 5) is 24.6. The fourth-order valence-corrected chi connectivity index (χ4v) is 4.05. The lowest BCUT2D eigenvalue weighted by atomic mass is 9.93. The fraction of sp³-hybridized carbons (Fsp3) is 0.333. The largest absolute Gasteiger partial charge is 0.484 e. The molecule has 0 saturated heterocycles. The number of pyridine rings is 1. The normalized spacial score (nSPS) is 16.9. The summed E-state index contributed by atoms with van der Waals surface area (Å²) in [5, 5.41) is 20.0. The minimum absolute atomic E-state index is 0.314. The van der Waals surface area contributed by atoms with Crippen molar-refractivity contribution in [3.05, 3.63) is 64.2 Å². The van der Waals surface area contributed by atoms with Crippen molar-refractivity contribution in [3.63, 3.8) is 0 Å². The second kappa shape index (κ2) is 9.33. The number of aromatic nitrogens is 3. The van der Waals surface area contributed by atoms with Gasteiger partial charge in [-0.3, -0.25) is 9.78 Å². The third-order valence-corrected chi connectivity index (χ3v) is 6.15. The maximum Gasteiger partial charge on any atom is 0.309 e. The van der Waals surface area contributed by atoms with Gasteiger partial charge in [-0.25, -0.2) is 9.97 Å². The van der Waals surface area contributed by atoms with Gasteiger partial charge in [-0.2, -0.15) is 0 Å². The summed E-state index contributed by atoms with van der Waals surface area (Å²) in [6.45, 7) is 3.34. The second-order valence-corrected chi connectivity index (χ2v) is 8.42. The Morgan fingerprint density at radius 2 is 2.06 bits per heavy atom. The summed E-state index contributed by atoms with van der Waals surface area (Å²) in [5.41, 5.74) is 4.21. The van der Waals surface area contributed by atoms with Crippen LogP contribution in [0.2, 0.25) is 5.02 Å². The molecule has 0 fully saturated rings. The first-order valence-electron chi connectivity index (χ1n) is 10.5. The Kier molecular flexibility index (Phi) is 6.49. The molecule has 9 heteroatoms. The molecule has 3 aromatic rings. The number of aryl methyl sites for hydroxylation is 2. The molecule has 0 bridgehead atoms. The van der Waals surface area contributed by atoms with E-state index in [0.29, 0.717) is 44.9 Å². The van der Waals surface area contributed by atoms with Crippen molar-refractivity contribution in [3.8, 4) is 22.9 Å². The number of carboxylic acids is 1. The molecular formula is C24H24ClN3O5. The topological polar surface area (TPSA) is 115 Å². The van der Waals surface area contributed by atoms with Gasteiger partial charge in [0.05, 0.1) is 47.9 Å². The van der Waals surface area contributed by atoms with Crippen LogP contribution in [0.4, 0.5) is 0 Å². The highest BCUT2D eigenvalue weighted by molar-refractivity contribution is 6.33. The van der Waals surface area contributed by atoms with E-state index in [1.165, 1.54) is 20.2 Å². The minimum Gasteiger partial charge on any atom is -0.484 e. The zero-order chi connectivity index (χ0) is 23.7. The zero-order valence-electron chi connectivity index (χ0n) is 18.4. The molecule has 1 aliphatic rings. The summed E-state index contributed by atoms with van der Waals surface area (Å²) < 4.78 is 11.4. The van der Waals surface area contributed by atoms with Gasteiger partial charge >= 0.3 is 5.97 Å². The Labute approximate surface area is 196 Å². The van der Waals surface area contributed by atoms with E-state index >= 15 is 0 Å². The molecule has 0 radical (unpaired) electrons. The van der Waals surface area contributed by atoms with E-state index < -0.39 is 18.0 Å². The first-order valence-corrected chi connectivity index (χ1v) is 10.9. The number of nitrogens with zero attached hydrogens (tertiary/aromatic N) is 3. The molecule has 0 spiro atoms. The quantitative estimate of drug-likeness (QED) is 0.548. The smallest absolute Gasteiger partial charge is 0.309 e. The van der Waals surface area contributed by atoms with E-state index in [4.69, 9.17) is 21.1 Å². The van der Waals surface area contributed by atoms with Gasteiger partial charge in [0.25, 0.3) is 0 Å². The van der Waals surface area contributed by atoms with Crippen LogP contribution in [0.3, 0.4) is 0 Å². The Hall–Kier alpha value is -3.23. The van der Waals surface area contributed by atoms with Crippen LogP contribution < -0.4 is 9.47 Å². The Morgan fingerprint density at radius 3 is 2.76 bits per heavy atom. The summed E-state index contributed by atoms with van der Waals surface area (Å²) in [5.74, 6) is -0.938. The Balaban J connectivity index is 1.60. The molecule has 2 N–H and O–H groups in total. The van der Waals surface area contributed by atoms with Crippen LogP contribution in [0.25, 0.3) is 11.3 Å². The third kappa shape index (κ3) is 4.62. The lowest BCUT2D eigenvalue weighted by Gasteiger charge is -2.27. The molecule has 1 aliphatic heterocycles. The molecule has 0 amide bonds. The number of carbonyl (C=O) groups is 1. The molecule has 4 rings (SSSR count). The Bertz CT molecular complexity index is 1200. The number of hydrogen-bond donors (Lipinski definition) is 2. The zero-order valence-corrected chi connectivity index (χ0v) is 19.2. The average Bonchev–Trinajstić information content (AvgIpc) is 2.82. The van der Waals surface area contributed by atoms with Crippen LogP contribution >= 0.6 is 11.6 Å². The molecule has 0 aliphatic carbocycles. The Morgan fingerprint density at radius 1 is 1.27 bits per heavy atom. The number of aliphatic hydroxyl groups excluding tert-OH is 1. The SMILES string of the molecule is COc1cc(-c2cnc([C@@H]3CCc4ccc([C@H](O)[C@H](C)C(=O)O)cc4O3)c(C)n2)c(Cl)cn1. The lowest BCUT2D eigenvalue weighted by Crippen LogP contribution is -2.20. The highest BCUT2D eigenvalue weighted by Gasteiger charge is 2.28. The van der Waals surface area contributed by atoms with Crippen LogP contribution in [0.15, 0.2) is 36.7 Å². The van der Waals surface area contributed by atoms with Crippen LogP contribution in [0.1, 0.15) is 48.1 Å². The van der Waals surface area contributed by atoms with Crippen molar-refractivity contribution < 1.29 is 24.5 Å². The van der Waals surface area contributed by atoms with Gasteiger partial charge in [0.15, 0.2) is 0 Å². The number of fused-ring (bicyclic) bond motifs is 1. The van der Waals surface area contributed by atoms with Gasteiger partial charge in [-0.1, -0.05) is 23.7 Å². The minimum atomic E-state index is -1.13. The van der Waals surface area contributed by atoms with Gasteiger partial charge in [-0.05, 0) is 43.9 Å². The van der Waals surface area contributed by atoms with Crippen molar-refractivity contribution >= 4 is 17.6 Å². The molecule has 172 valence electrons. The number of ether oxygens (including phenoxy) is 2. The molecule has 2 aromatic heterocycles. The van der Waals surface area contributed by atoms with Crippen LogP contribution in [0.5, 0.6) is 11.6 Å². The number of aliphatic carboxylic acids is 1. The predicted molar refractivity (Wildman–Crippen MR) is 121 cm³/mol. The third-order valence-electron chi connectivity index (χ3n) is 5.85. The lowest BCUT2D eigenvalue weighted by molar-refractivity contribution is -0.145. The van der Waals surface area contributed by atoms with Crippen molar-refractivity contribution in [2.24, 2.45) is 5.92 Å². The van der Waals surface area contributed by atoms with E-state index in [9.17, 15) is 15.0 Å². The van der Waals surface area contributed by atoms with Crippen LogP contribution in [-0.2, 0) is 11.2 Å². The molecule has 3 heterocycles. The number of aliphatic hydroxyl groups is 1. The van der Waals surface area contributed by atoms with Crippen molar-refractivity contribution in [1.82, 2.24) is 15.0 Å². The molecule has 0 unspecified atom stereocenters. The van der Waals surface area contributed by atoms with Gasteiger partial charge in [0.2, 0.25) is 5.88 Å². The molecule has 3 atom stereocenters. The standard InChI is InChI=1S/C24H24ClN3O5/c1-12(24(30)31)23(29)15-5-4-14-6-7-19(33-20(14)8-15)22-13(2)28-18(11-27-22)16-9-21(32-3)26-10-17(16)25/h4-5,8-12,19,23,29H,6-7H2,1-3H3,(H,30,31)/t12-,19-,23+/m0/s1. The number of rotatable bonds is 6. The first kappa shape index (κ1) is 22.9. The van der Waals surface area contributed by atoms with E-state index in [1.807, 2.05) is 13.0 Å². The van der Waals surface area contributed by atoms with Crippen molar-refractivity contribution in [1.29, 1.82) is 0 Å². The van der Waals surface area contributed by atoms with Crippen molar-refractivity contribution in [2.45, 2.75) is 38.9 Å². The predicted octanol–water partition coefficient (Wildman–Crippen LogP) is 4.33. The van der Waals surface area contributed by atoms with E-state index in [0.717, 1.165) is 18.4 Å². The molecule has 33 heavy (non-hydrogen) atoms. The van der Waals surface area contributed by atoms with Gasteiger partial charge in [0.1, 0.15) is 17.5 Å². The van der Waals surface area contributed by atoms with Gasteiger partial charge in [0, 0.05) is 11.6 Å². The number of hydrogen-bond acceptors (Lipinski definition) is 7. The highest BCUT2D eigenvalue weighted by Crippen LogP contribution is 2.38. The summed E-state index contributed by atoms with van der Waals surface area (Å²) >= 11 is 6.30. The van der Waals surface area contributed by atoms with E-state index in [2.05, 4.69) is 15.0 Å². The van der Waals surface area contributed by atoms with Gasteiger partial charge < -0.3 is 19.7 Å². The monoisotopic (exact) mass is 469 g/mol. The maximum absolute atomic E-state index is 11.2.